The van der Waals surface area contributed by atoms with Gasteiger partial charge in [-0.05, 0) is 6.08 Å². The number of aliphatic hydroxyl groups excluding tert-OH is 1. The Balaban J connectivity index is 3.06. The van der Waals surface area contributed by atoms with E-state index < -0.39 is 11.5 Å². The van der Waals surface area contributed by atoms with E-state index in [1.807, 2.05) is 0 Å². The largest absolute Gasteiger partial charge is 0.386 e. The molecule has 0 aromatic rings. The average Bonchev–Trinajstić information content (AvgIpc) is 2.06. The van der Waals surface area contributed by atoms with Gasteiger partial charge in [-0.1, -0.05) is 18.2 Å². The summed E-state index contributed by atoms with van der Waals surface area (Å²) in [4.78, 5) is 0. The highest BCUT2D eigenvalue weighted by atomic mass is 16.3. The van der Waals surface area contributed by atoms with Crippen molar-refractivity contribution >= 4 is 0 Å². The Labute approximate surface area is 64.5 Å². The summed E-state index contributed by atoms with van der Waals surface area (Å²) >= 11 is 0. The van der Waals surface area contributed by atoms with E-state index in [-0.39, 0.29) is 0 Å². The zero-order valence-electron chi connectivity index (χ0n) is 5.73. The lowest BCUT2D eigenvalue weighted by atomic mass is 9.82. The van der Waals surface area contributed by atoms with Crippen LogP contribution in [0, 0.1) is 28.1 Å². The smallest absolute Gasteiger partial charge is 0.191 e. The first-order valence-electron chi connectivity index (χ1n) is 3.12. The molecule has 3 nitrogen and oxygen atoms in total. The maximum atomic E-state index is 9.24. The first kappa shape index (κ1) is 7.53. The minimum atomic E-state index is -1.38. The lowest BCUT2D eigenvalue weighted by molar-refractivity contribution is 0.167. The first-order valence-corrected chi connectivity index (χ1v) is 3.12. The molecule has 0 radical (unpaired) electrons. The minimum Gasteiger partial charge on any atom is -0.386 e. The average molecular weight is 146 g/mol. The number of nitriles is 2. The van der Waals surface area contributed by atoms with Gasteiger partial charge in [0.2, 0.25) is 0 Å². The predicted octanol–water partition coefficient (Wildman–Crippen LogP) is 0.507. The molecule has 0 bridgehead atoms. The van der Waals surface area contributed by atoms with Crippen molar-refractivity contribution in [2.45, 2.75) is 6.10 Å². The van der Waals surface area contributed by atoms with Crippen molar-refractivity contribution in [3.63, 3.8) is 0 Å². The normalized spacial score (nSPS) is 25.5. The fourth-order valence-electron chi connectivity index (χ4n) is 0.859. The summed E-state index contributed by atoms with van der Waals surface area (Å²) in [5, 5.41) is 26.4. The SMILES string of the molecule is N#CC1(C#N)C=CC=CC1O. The Morgan fingerprint density at radius 1 is 1.27 bits per heavy atom. The van der Waals surface area contributed by atoms with Crippen molar-refractivity contribution in [1.82, 2.24) is 0 Å². The second kappa shape index (κ2) is 2.57. The molecule has 0 aromatic heterocycles. The molecular weight excluding hydrogens is 140 g/mol. The molecule has 0 saturated carbocycles. The van der Waals surface area contributed by atoms with Gasteiger partial charge in [-0.2, -0.15) is 10.5 Å². The van der Waals surface area contributed by atoms with Crippen molar-refractivity contribution in [2.24, 2.45) is 5.41 Å². The molecule has 1 N–H and O–H groups in total. The van der Waals surface area contributed by atoms with Crippen LogP contribution < -0.4 is 0 Å². The van der Waals surface area contributed by atoms with E-state index in [0.717, 1.165) is 0 Å². The van der Waals surface area contributed by atoms with Crippen LogP contribution in [0.25, 0.3) is 0 Å². The van der Waals surface area contributed by atoms with Crippen molar-refractivity contribution in [2.75, 3.05) is 0 Å². The van der Waals surface area contributed by atoms with E-state index in [9.17, 15) is 5.11 Å². The number of hydrogen-bond donors (Lipinski definition) is 1. The van der Waals surface area contributed by atoms with Gasteiger partial charge in [-0.15, -0.1) is 0 Å². The highest BCUT2D eigenvalue weighted by Crippen LogP contribution is 2.25. The third-order valence-corrected chi connectivity index (χ3v) is 1.60. The molecule has 0 aromatic carbocycles. The molecule has 0 aliphatic heterocycles. The maximum absolute atomic E-state index is 9.24. The van der Waals surface area contributed by atoms with Crippen LogP contribution in [0.5, 0.6) is 0 Å². The van der Waals surface area contributed by atoms with Crippen molar-refractivity contribution in [1.29, 1.82) is 10.5 Å². The van der Waals surface area contributed by atoms with E-state index in [1.54, 1.807) is 24.3 Å². The zero-order valence-corrected chi connectivity index (χ0v) is 5.73. The predicted molar refractivity (Wildman–Crippen MR) is 37.9 cm³/mol. The number of nitrogens with zero attached hydrogens (tertiary/aromatic N) is 2. The molecule has 1 aliphatic rings. The third-order valence-electron chi connectivity index (χ3n) is 1.60. The molecule has 54 valence electrons. The monoisotopic (exact) mass is 146 g/mol. The standard InChI is InChI=1S/C8H6N2O/c9-5-8(6-10)4-2-1-3-7(8)11/h1-4,7,11H. The topological polar surface area (TPSA) is 67.8 Å². The molecule has 11 heavy (non-hydrogen) atoms. The van der Waals surface area contributed by atoms with Crippen molar-refractivity contribution < 1.29 is 5.11 Å². The fraction of sp³-hybridized carbons (Fsp3) is 0.250. The van der Waals surface area contributed by atoms with E-state index in [1.165, 1.54) is 12.2 Å². The maximum Gasteiger partial charge on any atom is 0.191 e. The summed E-state index contributed by atoms with van der Waals surface area (Å²) in [6.07, 6.45) is 5.00. The number of rotatable bonds is 0. The lowest BCUT2D eigenvalue weighted by Crippen LogP contribution is -2.30. The molecule has 3 heteroatoms. The summed E-state index contributed by atoms with van der Waals surface area (Å²) in [5.74, 6) is 0. The summed E-state index contributed by atoms with van der Waals surface area (Å²) < 4.78 is 0. The molecule has 1 aliphatic carbocycles. The molecule has 0 saturated heterocycles. The molecular formula is C8H6N2O. The van der Waals surface area contributed by atoms with Crippen LogP contribution in [-0.2, 0) is 0 Å². The summed E-state index contributed by atoms with van der Waals surface area (Å²) in [5.41, 5.74) is -1.38. The van der Waals surface area contributed by atoms with Crippen LogP contribution in [0.15, 0.2) is 24.3 Å². The molecule has 0 heterocycles. The Bertz CT molecular complexity index is 276. The van der Waals surface area contributed by atoms with E-state index in [4.69, 9.17) is 10.5 Å². The van der Waals surface area contributed by atoms with Gasteiger partial charge in [0, 0.05) is 0 Å². The van der Waals surface area contributed by atoms with E-state index in [2.05, 4.69) is 0 Å². The fourth-order valence-corrected chi connectivity index (χ4v) is 0.859. The molecule has 1 atom stereocenters. The van der Waals surface area contributed by atoms with Crippen LogP contribution in [0.1, 0.15) is 0 Å². The Hall–Kier alpha value is -1.58. The molecule has 0 spiro atoms. The van der Waals surface area contributed by atoms with E-state index in [0.29, 0.717) is 0 Å². The second-order valence-corrected chi connectivity index (χ2v) is 2.28. The van der Waals surface area contributed by atoms with Gasteiger partial charge in [0.1, 0.15) is 6.10 Å². The quantitative estimate of drug-likeness (QED) is 0.541. The number of hydrogen-bond acceptors (Lipinski definition) is 3. The van der Waals surface area contributed by atoms with Crippen LogP contribution in [0.2, 0.25) is 0 Å². The summed E-state index contributed by atoms with van der Waals surface area (Å²) in [6.45, 7) is 0. The molecule has 1 rings (SSSR count). The highest BCUT2D eigenvalue weighted by molar-refractivity contribution is 5.35. The van der Waals surface area contributed by atoms with Crippen LogP contribution >= 0.6 is 0 Å². The van der Waals surface area contributed by atoms with Crippen molar-refractivity contribution in [3.05, 3.63) is 24.3 Å². The van der Waals surface area contributed by atoms with Crippen LogP contribution in [0.4, 0.5) is 0 Å². The Kier molecular flexibility index (Phi) is 1.76. The van der Waals surface area contributed by atoms with Crippen LogP contribution in [0.3, 0.4) is 0 Å². The second-order valence-electron chi connectivity index (χ2n) is 2.28. The molecule has 0 amide bonds. The first-order chi connectivity index (χ1) is 5.25. The minimum absolute atomic E-state index is 1.01. The zero-order chi connectivity index (χ0) is 8.32. The Morgan fingerprint density at radius 2 is 1.91 bits per heavy atom. The van der Waals surface area contributed by atoms with Gasteiger partial charge >= 0.3 is 0 Å². The van der Waals surface area contributed by atoms with E-state index >= 15 is 0 Å². The lowest BCUT2D eigenvalue weighted by Gasteiger charge is -2.19. The van der Waals surface area contributed by atoms with Gasteiger partial charge in [0.25, 0.3) is 0 Å². The summed E-state index contributed by atoms with van der Waals surface area (Å²) in [6, 6.07) is 3.54. The molecule has 1 unspecified atom stereocenters. The third kappa shape index (κ3) is 1.02. The van der Waals surface area contributed by atoms with Gasteiger partial charge in [-0.3, -0.25) is 0 Å². The van der Waals surface area contributed by atoms with Gasteiger partial charge in [0.15, 0.2) is 5.41 Å². The van der Waals surface area contributed by atoms with Gasteiger partial charge < -0.3 is 5.11 Å². The summed E-state index contributed by atoms with van der Waals surface area (Å²) in [7, 11) is 0. The Morgan fingerprint density at radius 3 is 2.27 bits per heavy atom. The van der Waals surface area contributed by atoms with Gasteiger partial charge in [0.05, 0.1) is 12.1 Å². The number of aliphatic hydroxyl groups is 1. The van der Waals surface area contributed by atoms with Crippen LogP contribution in [-0.4, -0.2) is 11.2 Å². The van der Waals surface area contributed by atoms with Crippen molar-refractivity contribution in [3.8, 4) is 12.1 Å². The molecule has 0 fully saturated rings. The highest BCUT2D eigenvalue weighted by Gasteiger charge is 2.35. The number of allylic oxidation sites excluding steroid dienone is 2. The van der Waals surface area contributed by atoms with Gasteiger partial charge in [-0.25, -0.2) is 0 Å².